The van der Waals surface area contributed by atoms with Crippen LogP contribution in [0.25, 0.3) is 0 Å². The zero-order valence-corrected chi connectivity index (χ0v) is 9.88. The largest absolute Gasteiger partial charge is 0.382 e. The Hall–Kier alpha value is -0.610. The fourth-order valence-corrected chi connectivity index (χ4v) is 1.86. The van der Waals surface area contributed by atoms with E-state index >= 15 is 0 Å². The molecule has 15 heavy (non-hydrogen) atoms. The van der Waals surface area contributed by atoms with E-state index in [0.717, 1.165) is 19.4 Å². The van der Waals surface area contributed by atoms with Gasteiger partial charge in [-0.3, -0.25) is 4.79 Å². The van der Waals surface area contributed by atoms with E-state index in [1.807, 2.05) is 0 Å². The molecule has 0 aromatic carbocycles. The molecule has 1 fully saturated rings. The van der Waals surface area contributed by atoms with Crippen molar-refractivity contribution in [3.8, 4) is 0 Å². The normalized spacial score (nSPS) is 20.3. The van der Waals surface area contributed by atoms with Crippen molar-refractivity contribution in [3.05, 3.63) is 0 Å². The second kappa shape index (κ2) is 4.94. The molecule has 1 saturated carbocycles. The molecule has 1 aliphatic carbocycles. The van der Waals surface area contributed by atoms with Gasteiger partial charge in [0.2, 0.25) is 5.91 Å². The minimum atomic E-state index is -0.640. The van der Waals surface area contributed by atoms with E-state index < -0.39 is 5.54 Å². The fourth-order valence-electron chi connectivity index (χ4n) is 1.86. The highest BCUT2D eigenvalue weighted by atomic mass is 16.5. The van der Waals surface area contributed by atoms with Crippen LogP contribution in [0.4, 0.5) is 0 Å². The number of carbonyl (C=O) groups is 1. The average molecular weight is 214 g/mol. The molecule has 0 aliphatic heterocycles. The summed E-state index contributed by atoms with van der Waals surface area (Å²) >= 11 is 0. The van der Waals surface area contributed by atoms with Gasteiger partial charge in [0.1, 0.15) is 5.54 Å². The van der Waals surface area contributed by atoms with Gasteiger partial charge in [0.25, 0.3) is 0 Å². The van der Waals surface area contributed by atoms with Gasteiger partial charge >= 0.3 is 0 Å². The van der Waals surface area contributed by atoms with E-state index in [9.17, 15) is 4.79 Å². The zero-order chi connectivity index (χ0) is 11.5. The van der Waals surface area contributed by atoms with Crippen LogP contribution in [0.3, 0.4) is 0 Å². The molecule has 1 unspecified atom stereocenters. The number of methoxy groups -OCH3 is 1. The molecule has 1 atom stereocenters. The van der Waals surface area contributed by atoms with E-state index in [1.165, 1.54) is 0 Å². The van der Waals surface area contributed by atoms with E-state index in [-0.39, 0.29) is 5.91 Å². The number of hydrogen-bond acceptors (Lipinski definition) is 3. The molecule has 0 aromatic rings. The monoisotopic (exact) mass is 214 g/mol. The van der Waals surface area contributed by atoms with Crippen molar-refractivity contribution in [1.82, 2.24) is 5.32 Å². The van der Waals surface area contributed by atoms with E-state index in [4.69, 9.17) is 10.5 Å². The van der Waals surface area contributed by atoms with Gasteiger partial charge in [-0.25, -0.2) is 0 Å². The molecule has 1 amide bonds. The molecule has 0 radical (unpaired) electrons. The highest BCUT2D eigenvalue weighted by Gasteiger charge is 2.49. The summed E-state index contributed by atoms with van der Waals surface area (Å²) in [6, 6.07) is 0. The van der Waals surface area contributed by atoms with Gasteiger partial charge in [-0.15, -0.1) is 0 Å². The lowest BCUT2D eigenvalue weighted by atomic mass is 9.92. The molecular weight excluding hydrogens is 192 g/mol. The minimum Gasteiger partial charge on any atom is -0.382 e. The molecule has 0 bridgehead atoms. The van der Waals surface area contributed by atoms with Gasteiger partial charge in [0.15, 0.2) is 0 Å². The van der Waals surface area contributed by atoms with Crippen molar-refractivity contribution < 1.29 is 9.53 Å². The van der Waals surface area contributed by atoms with Crippen LogP contribution in [0.2, 0.25) is 0 Å². The van der Waals surface area contributed by atoms with Crippen molar-refractivity contribution in [3.63, 3.8) is 0 Å². The third-order valence-electron chi connectivity index (χ3n) is 2.91. The summed E-state index contributed by atoms with van der Waals surface area (Å²) in [6.45, 7) is 5.39. The first-order chi connectivity index (χ1) is 7.03. The first-order valence-corrected chi connectivity index (χ1v) is 5.56. The molecule has 4 nitrogen and oxygen atoms in total. The SMILES string of the molecule is COCC(NCC(C)C)(C(N)=O)C1CC1. The third-order valence-corrected chi connectivity index (χ3v) is 2.91. The first-order valence-electron chi connectivity index (χ1n) is 5.56. The highest BCUT2D eigenvalue weighted by molar-refractivity contribution is 5.85. The van der Waals surface area contributed by atoms with Crippen molar-refractivity contribution >= 4 is 5.91 Å². The maximum atomic E-state index is 11.6. The molecule has 3 N–H and O–H groups in total. The van der Waals surface area contributed by atoms with Gasteiger partial charge in [-0.2, -0.15) is 0 Å². The summed E-state index contributed by atoms with van der Waals surface area (Å²) in [5, 5.41) is 3.30. The topological polar surface area (TPSA) is 64.3 Å². The van der Waals surface area contributed by atoms with E-state index in [1.54, 1.807) is 7.11 Å². The highest BCUT2D eigenvalue weighted by Crippen LogP contribution is 2.39. The summed E-state index contributed by atoms with van der Waals surface area (Å²) < 4.78 is 5.14. The fraction of sp³-hybridized carbons (Fsp3) is 0.909. The lowest BCUT2D eigenvalue weighted by Gasteiger charge is -2.32. The number of primary amides is 1. The summed E-state index contributed by atoms with van der Waals surface area (Å²) in [5.74, 6) is 0.570. The maximum absolute atomic E-state index is 11.6. The van der Waals surface area contributed by atoms with Gasteiger partial charge < -0.3 is 15.8 Å². The Morgan fingerprint density at radius 3 is 2.53 bits per heavy atom. The quantitative estimate of drug-likeness (QED) is 0.649. The van der Waals surface area contributed by atoms with Crippen molar-refractivity contribution in [1.29, 1.82) is 0 Å². The molecular formula is C11H22N2O2. The Morgan fingerprint density at radius 1 is 1.60 bits per heavy atom. The van der Waals surface area contributed by atoms with Gasteiger partial charge in [-0.1, -0.05) is 13.8 Å². The Balaban J connectivity index is 2.67. The van der Waals surface area contributed by atoms with Gasteiger partial charge in [0.05, 0.1) is 6.61 Å². The second-order valence-electron chi connectivity index (χ2n) is 4.82. The van der Waals surface area contributed by atoms with Crippen LogP contribution < -0.4 is 11.1 Å². The van der Waals surface area contributed by atoms with Crippen LogP contribution >= 0.6 is 0 Å². The number of ether oxygens (including phenoxy) is 1. The Bertz CT molecular complexity index is 227. The number of nitrogens with one attached hydrogen (secondary N) is 1. The summed E-state index contributed by atoms with van der Waals surface area (Å²) in [7, 11) is 1.61. The Morgan fingerprint density at radius 2 is 2.20 bits per heavy atom. The van der Waals surface area contributed by atoms with Crippen LogP contribution in [-0.4, -0.2) is 31.7 Å². The molecule has 0 aromatic heterocycles. The molecule has 88 valence electrons. The number of carbonyl (C=O) groups excluding carboxylic acids is 1. The molecule has 4 heteroatoms. The predicted octanol–water partition coefficient (Wildman–Crippen LogP) is 0.513. The van der Waals surface area contributed by atoms with Crippen LogP contribution in [0, 0.1) is 11.8 Å². The molecule has 1 aliphatic rings. The lowest BCUT2D eigenvalue weighted by Crippen LogP contribution is -2.61. The second-order valence-corrected chi connectivity index (χ2v) is 4.82. The number of nitrogens with two attached hydrogens (primary N) is 1. The van der Waals surface area contributed by atoms with Crippen LogP contribution in [0.1, 0.15) is 26.7 Å². The number of rotatable bonds is 7. The van der Waals surface area contributed by atoms with Crippen LogP contribution in [-0.2, 0) is 9.53 Å². The number of hydrogen-bond donors (Lipinski definition) is 2. The van der Waals surface area contributed by atoms with E-state index in [0.29, 0.717) is 18.4 Å². The van der Waals surface area contributed by atoms with E-state index in [2.05, 4.69) is 19.2 Å². The van der Waals surface area contributed by atoms with Crippen LogP contribution in [0.15, 0.2) is 0 Å². The third kappa shape index (κ3) is 2.92. The first kappa shape index (κ1) is 12.5. The van der Waals surface area contributed by atoms with Crippen molar-refractivity contribution in [2.75, 3.05) is 20.3 Å². The summed E-state index contributed by atoms with van der Waals surface area (Å²) in [4.78, 5) is 11.6. The molecule has 1 rings (SSSR count). The minimum absolute atomic E-state index is 0.285. The molecule has 0 spiro atoms. The maximum Gasteiger partial charge on any atom is 0.240 e. The lowest BCUT2D eigenvalue weighted by molar-refractivity contribution is -0.127. The van der Waals surface area contributed by atoms with Crippen molar-refractivity contribution in [2.45, 2.75) is 32.2 Å². The van der Waals surface area contributed by atoms with Crippen molar-refractivity contribution in [2.24, 2.45) is 17.6 Å². The smallest absolute Gasteiger partial charge is 0.240 e. The Labute approximate surface area is 91.5 Å². The standard InChI is InChI=1S/C11H22N2O2/c1-8(2)6-13-11(7-15-3,10(12)14)9-4-5-9/h8-9,13H,4-7H2,1-3H3,(H2,12,14). The molecule has 0 heterocycles. The Kier molecular flexibility index (Phi) is 4.11. The molecule has 0 saturated heterocycles. The summed E-state index contributed by atoms with van der Waals surface area (Å²) in [6.07, 6.45) is 2.13. The van der Waals surface area contributed by atoms with Crippen LogP contribution in [0.5, 0.6) is 0 Å². The summed E-state index contributed by atoms with van der Waals surface area (Å²) in [5.41, 5.74) is 4.86. The van der Waals surface area contributed by atoms with Gasteiger partial charge in [0, 0.05) is 7.11 Å². The number of amides is 1. The van der Waals surface area contributed by atoms with Gasteiger partial charge in [-0.05, 0) is 31.2 Å². The average Bonchev–Trinajstić information content (AvgIpc) is 2.94. The predicted molar refractivity (Wildman–Crippen MR) is 59.4 cm³/mol. The zero-order valence-electron chi connectivity index (χ0n) is 9.88.